The van der Waals surface area contributed by atoms with E-state index in [4.69, 9.17) is 0 Å². The molecule has 1 unspecified atom stereocenters. The van der Waals surface area contributed by atoms with E-state index in [-0.39, 0.29) is 29.8 Å². The van der Waals surface area contributed by atoms with E-state index in [2.05, 4.69) is 17.6 Å². The first-order valence-electron chi connectivity index (χ1n) is 9.95. The standard InChI is InChI=1S/C19H32N2O3S.ClH/c1-13(18-10-14-7-15(11-18)9-16(8-14)12-18)21-17(22)19(25(2,23)24)3-5-20-6-4-19;/h13-16,20H,3-12H2,1-2H3,(H,21,22);1H. The summed E-state index contributed by atoms with van der Waals surface area (Å²) < 4.78 is 23.7. The van der Waals surface area contributed by atoms with Crippen molar-refractivity contribution in [1.82, 2.24) is 10.6 Å². The Morgan fingerprint density at radius 1 is 1.04 bits per heavy atom. The third-order valence-electron chi connectivity index (χ3n) is 7.89. The van der Waals surface area contributed by atoms with E-state index in [1.54, 1.807) is 0 Å². The summed E-state index contributed by atoms with van der Waals surface area (Å²) in [6.07, 6.45) is 9.76. The minimum Gasteiger partial charge on any atom is -0.352 e. The maximum Gasteiger partial charge on any atom is 0.241 e. The van der Waals surface area contributed by atoms with Crippen LogP contribution in [0.25, 0.3) is 0 Å². The Kier molecular flexibility index (Phi) is 5.44. The normalized spacial score (nSPS) is 39.1. The van der Waals surface area contributed by atoms with E-state index >= 15 is 0 Å². The van der Waals surface area contributed by atoms with Crippen molar-refractivity contribution in [3.8, 4) is 0 Å². The SMILES string of the molecule is CC(NC(=O)C1(S(C)(=O)=O)CCNCC1)C12CC3CC(CC(C3)C1)C2.Cl. The number of halogens is 1. The number of sulfone groups is 1. The van der Waals surface area contributed by atoms with Crippen LogP contribution < -0.4 is 10.6 Å². The summed E-state index contributed by atoms with van der Waals surface area (Å²) in [6.45, 7) is 3.31. The predicted molar refractivity (Wildman–Crippen MR) is 105 cm³/mol. The molecule has 0 aromatic heterocycles. The van der Waals surface area contributed by atoms with Crippen molar-refractivity contribution in [2.75, 3.05) is 19.3 Å². The van der Waals surface area contributed by atoms with E-state index in [1.165, 1.54) is 44.8 Å². The van der Waals surface area contributed by atoms with Gasteiger partial charge in [-0.05, 0) is 94.5 Å². The summed E-state index contributed by atoms with van der Waals surface area (Å²) in [7, 11) is -3.44. The Labute approximate surface area is 163 Å². The van der Waals surface area contributed by atoms with Gasteiger partial charge in [-0.3, -0.25) is 4.79 Å². The van der Waals surface area contributed by atoms with Gasteiger partial charge in [-0.25, -0.2) is 8.42 Å². The first-order valence-corrected chi connectivity index (χ1v) is 11.8. The number of hydrogen-bond acceptors (Lipinski definition) is 4. The lowest BCUT2D eigenvalue weighted by molar-refractivity contribution is -0.129. The fourth-order valence-corrected chi connectivity index (χ4v) is 8.13. The number of carbonyl (C=O) groups is 1. The van der Waals surface area contributed by atoms with Gasteiger partial charge in [0.2, 0.25) is 5.91 Å². The average molecular weight is 405 g/mol. The largest absolute Gasteiger partial charge is 0.352 e. The molecule has 26 heavy (non-hydrogen) atoms. The van der Waals surface area contributed by atoms with Crippen molar-refractivity contribution in [1.29, 1.82) is 0 Å². The van der Waals surface area contributed by atoms with Crippen LogP contribution in [0.2, 0.25) is 0 Å². The predicted octanol–water partition coefficient (Wildman–Crippen LogP) is 2.30. The lowest BCUT2D eigenvalue weighted by Crippen LogP contribution is -2.62. The van der Waals surface area contributed by atoms with Crippen molar-refractivity contribution in [3.05, 3.63) is 0 Å². The molecule has 0 aromatic rings. The second kappa shape index (κ2) is 6.93. The summed E-state index contributed by atoms with van der Waals surface area (Å²) in [4.78, 5) is 13.2. The molecule has 1 aliphatic heterocycles. The maximum absolute atomic E-state index is 13.2. The molecule has 4 bridgehead atoms. The van der Waals surface area contributed by atoms with Gasteiger partial charge in [0.25, 0.3) is 0 Å². The Hall–Kier alpha value is -0.330. The molecule has 5 rings (SSSR count). The van der Waals surface area contributed by atoms with Crippen LogP contribution in [0.4, 0.5) is 0 Å². The van der Waals surface area contributed by atoms with E-state index < -0.39 is 14.6 Å². The molecule has 150 valence electrons. The lowest BCUT2D eigenvalue weighted by Gasteiger charge is -2.59. The smallest absolute Gasteiger partial charge is 0.241 e. The first-order chi connectivity index (χ1) is 11.7. The first kappa shape index (κ1) is 20.4. The zero-order valence-corrected chi connectivity index (χ0v) is 17.6. The van der Waals surface area contributed by atoms with Crippen molar-refractivity contribution in [2.45, 2.75) is 69.1 Å². The molecule has 0 spiro atoms. The monoisotopic (exact) mass is 404 g/mol. The number of amides is 1. The van der Waals surface area contributed by atoms with Crippen molar-refractivity contribution < 1.29 is 13.2 Å². The van der Waals surface area contributed by atoms with E-state index in [9.17, 15) is 13.2 Å². The summed E-state index contributed by atoms with van der Waals surface area (Å²) in [6, 6.07) is 0.0712. The highest BCUT2D eigenvalue weighted by molar-refractivity contribution is 7.92. The van der Waals surface area contributed by atoms with Crippen LogP contribution >= 0.6 is 12.4 Å². The molecule has 4 saturated carbocycles. The molecular weight excluding hydrogens is 372 g/mol. The van der Waals surface area contributed by atoms with Crippen LogP contribution in [0.3, 0.4) is 0 Å². The van der Waals surface area contributed by atoms with Crippen LogP contribution in [-0.4, -0.2) is 44.5 Å². The molecule has 2 N–H and O–H groups in total. The summed E-state index contributed by atoms with van der Waals surface area (Å²) in [5.74, 6) is 2.23. The third kappa shape index (κ3) is 3.20. The molecule has 1 atom stereocenters. The number of carbonyl (C=O) groups excluding carboxylic acids is 1. The second-order valence-electron chi connectivity index (χ2n) is 9.49. The quantitative estimate of drug-likeness (QED) is 0.753. The minimum atomic E-state index is -3.44. The molecule has 1 heterocycles. The number of nitrogens with one attached hydrogen (secondary N) is 2. The van der Waals surface area contributed by atoms with Gasteiger partial charge in [0.05, 0.1) is 0 Å². The molecular formula is C19H33ClN2O3S. The fourth-order valence-electron chi connectivity index (χ4n) is 6.79. The highest BCUT2D eigenvalue weighted by atomic mass is 35.5. The van der Waals surface area contributed by atoms with Crippen molar-refractivity contribution in [2.24, 2.45) is 23.2 Å². The van der Waals surface area contributed by atoms with Gasteiger partial charge in [-0.1, -0.05) is 0 Å². The summed E-state index contributed by atoms with van der Waals surface area (Å²) in [5, 5.41) is 6.39. The zero-order chi connectivity index (χ0) is 17.9. The lowest BCUT2D eigenvalue weighted by atomic mass is 9.48. The van der Waals surface area contributed by atoms with E-state index in [1.807, 2.05) is 0 Å². The summed E-state index contributed by atoms with van der Waals surface area (Å²) >= 11 is 0. The van der Waals surface area contributed by atoms with Gasteiger partial charge in [-0.15, -0.1) is 12.4 Å². The Morgan fingerprint density at radius 3 is 1.92 bits per heavy atom. The van der Waals surface area contributed by atoms with Crippen LogP contribution in [0.1, 0.15) is 58.3 Å². The zero-order valence-electron chi connectivity index (χ0n) is 15.9. The molecule has 0 aromatic carbocycles. The Balaban J connectivity index is 0.00000196. The van der Waals surface area contributed by atoms with Gasteiger partial charge in [0.15, 0.2) is 14.6 Å². The topological polar surface area (TPSA) is 75.3 Å². The molecule has 5 aliphatic rings. The molecule has 4 aliphatic carbocycles. The van der Waals surface area contributed by atoms with Gasteiger partial charge in [0.1, 0.15) is 0 Å². The Bertz CT molecular complexity index is 622. The highest BCUT2D eigenvalue weighted by Crippen LogP contribution is 2.61. The molecule has 1 amide bonds. The molecule has 5 fully saturated rings. The number of hydrogen-bond donors (Lipinski definition) is 2. The van der Waals surface area contributed by atoms with Gasteiger partial charge < -0.3 is 10.6 Å². The van der Waals surface area contributed by atoms with E-state index in [0.29, 0.717) is 25.9 Å². The third-order valence-corrected chi connectivity index (χ3v) is 9.90. The summed E-state index contributed by atoms with van der Waals surface area (Å²) in [5.41, 5.74) is 0.204. The van der Waals surface area contributed by atoms with Crippen molar-refractivity contribution >= 4 is 28.2 Å². The fraction of sp³-hybridized carbons (Fsp3) is 0.947. The maximum atomic E-state index is 13.2. The van der Waals surface area contributed by atoms with Crippen LogP contribution in [0, 0.1) is 23.2 Å². The molecule has 7 heteroatoms. The van der Waals surface area contributed by atoms with Gasteiger partial charge >= 0.3 is 0 Å². The average Bonchev–Trinajstić information content (AvgIpc) is 2.53. The second-order valence-corrected chi connectivity index (χ2v) is 11.8. The van der Waals surface area contributed by atoms with E-state index in [0.717, 1.165) is 17.8 Å². The Morgan fingerprint density at radius 2 is 1.50 bits per heavy atom. The molecule has 0 radical (unpaired) electrons. The van der Waals surface area contributed by atoms with Gasteiger partial charge in [-0.2, -0.15) is 0 Å². The number of piperidine rings is 1. The number of rotatable bonds is 4. The van der Waals surface area contributed by atoms with Gasteiger partial charge in [0, 0.05) is 12.3 Å². The highest BCUT2D eigenvalue weighted by Gasteiger charge is 2.55. The van der Waals surface area contributed by atoms with Crippen molar-refractivity contribution in [3.63, 3.8) is 0 Å². The van der Waals surface area contributed by atoms with Crippen LogP contribution in [-0.2, 0) is 14.6 Å². The molecule has 5 nitrogen and oxygen atoms in total. The van der Waals surface area contributed by atoms with Crippen LogP contribution in [0.15, 0.2) is 0 Å². The van der Waals surface area contributed by atoms with Crippen LogP contribution in [0.5, 0.6) is 0 Å². The molecule has 1 saturated heterocycles. The minimum absolute atomic E-state index is 0.